The number of halogens is 3. The molecule has 9 heteroatoms. The van der Waals surface area contributed by atoms with Gasteiger partial charge in [0.05, 0.1) is 11.3 Å². The molecule has 0 fully saturated rings. The molecule has 0 aliphatic heterocycles. The number of carbonyl (C=O) groups is 1. The van der Waals surface area contributed by atoms with E-state index in [9.17, 15) is 18.0 Å². The first-order valence-electron chi connectivity index (χ1n) is 9.02. The van der Waals surface area contributed by atoms with E-state index in [0.717, 1.165) is 18.0 Å². The molecule has 0 saturated carbocycles. The third kappa shape index (κ3) is 4.55. The summed E-state index contributed by atoms with van der Waals surface area (Å²) >= 11 is 1.23. The minimum atomic E-state index is -4.42. The summed E-state index contributed by atoms with van der Waals surface area (Å²) in [5, 5.41) is 7.43. The van der Waals surface area contributed by atoms with Crippen LogP contribution in [-0.2, 0) is 6.18 Å². The molecule has 0 bridgehead atoms. The summed E-state index contributed by atoms with van der Waals surface area (Å²) in [5.74, 6) is 0.973. The van der Waals surface area contributed by atoms with Gasteiger partial charge in [-0.15, -0.1) is 5.10 Å². The highest BCUT2D eigenvalue weighted by atomic mass is 32.2. The first kappa shape index (κ1) is 21.2. The number of aryl methyl sites for hydroxylation is 1. The number of aromatic amines is 1. The lowest BCUT2D eigenvalue weighted by Gasteiger charge is -2.13. The fraction of sp³-hybridized carbons (Fsp3) is 0.350. The number of hydrogen-bond donors (Lipinski definition) is 1. The second-order valence-electron chi connectivity index (χ2n) is 7.04. The average molecular weight is 422 g/mol. The van der Waals surface area contributed by atoms with Gasteiger partial charge < -0.3 is 4.57 Å². The number of aromatic nitrogens is 4. The van der Waals surface area contributed by atoms with Crippen molar-refractivity contribution in [2.75, 3.05) is 5.75 Å². The Bertz CT molecular complexity index is 1040. The number of Topliss-reactive ketones (excluding diaryl/α,β-unsaturated/α-hetero) is 1. The van der Waals surface area contributed by atoms with Crippen LogP contribution in [0.4, 0.5) is 13.2 Å². The molecule has 0 radical (unpaired) electrons. The number of hydrogen-bond acceptors (Lipinski definition) is 4. The van der Waals surface area contributed by atoms with Gasteiger partial charge in [-0.25, -0.2) is 4.98 Å². The zero-order valence-electron chi connectivity index (χ0n) is 16.5. The van der Waals surface area contributed by atoms with Crippen LogP contribution >= 0.6 is 11.8 Å². The predicted octanol–water partition coefficient (Wildman–Crippen LogP) is 5.33. The van der Waals surface area contributed by atoms with E-state index in [1.54, 1.807) is 30.5 Å². The Kier molecular flexibility index (Phi) is 5.88. The summed E-state index contributed by atoms with van der Waals surface area (Å²) in [6.45, 7) is 7.47. The van der Waals surface area contributed by atoms with Crippen LogP contribution in [0.25, 0.3) is 5.69 Å². The molecule has 154 valence electrons. The maximum atomic E-state index is 13.1. The number of nitrogens with one attached hydrogen (secondary N) is 1. The van der Waals surface area contributed by atoms with Crippen LogP contribution in [0.15, 0.2) is 35.5 Å². The van der Waals surface area contributed by atoms with Crippen LogP contribution in [0.1, 0.15) is 52.9 Å². The summed E-state index contributed by atoms with van der Waals surface area (Å²) in [7, 11) is 0. The van der Waals surface area contributed by atoms with Gasteiger partial charge in [0, 0.05) is 28.6 Å². The molecule has 3 rings (SSSR count). The Labute approximate surface area is 170 Å². The zero-order chi connectivity index (χ0) is 21.3. The van der Waals surface area contributed by atoms with E-state index in [0.29, 0.717) is 27.8 Å². The van der Waals surface area contributed by atoms with E-state index in [1.807, 2.05) is 13.8 Å². The number of rotatable bonds is 6. The van der Waals surface area contributed by atoms with Crippen molar-refractivity contribution < 1.29 is 18.0 Å². The number of benzene rings is 1. The fourth-order valence-corrected chi connectivity index (χ4v) is 3.74. The van der Waals surface area contributed by atoms with E-state index in [2.05, 4.69) is 15.2 Å². The van der Waals surface area contributed by atoms with Crippen molar-refractivity contribution in [3.63, 3.8) is 0 Å². The van der Waals surface area contributed by atoms with Crippen molar-refractivity contribution in [3.8, 4) is 5.69 Å². The van der Waals surface area contributed by atoms with Crippen molar-refractivity contribution in [2.45, 2.75) is 44.9 Å². The number of thioether (sulfide) groups is 1. The molecule has 0 aliphatic rings. The van der Waals surface area contributed by atoms with Crippen molar-refractivity contribution in [2.24, 2.45) is 0 Å². The van der Waals surface area contributed by atoms with Gasteiger partial charge in [-0.3, -0.25) is 9.89 Å². The van der Waals surface area contributed by atoms with E-state index in [-0.39, 0.29) is 17.5 Å². The summed E-state index contributed by atoms with van der Waals surface area (Å²) in [5.41, 5.74) is 1.42. The highest BCUT2D eigenvalue weighted by molar-refractivity contribution is 7.99. The minimum Gasteiger partial charge on any atom is -0.318 e. The van der Waals surface area contributed by atoms with Crippen LogP contribution in [-0.4, -0.2) is 31.3 Å². The third-order valence-corrected chi connectivity index (χ3v) is 5.37. The molecule has 0 saturated heterocycles. The lowest BCUT2D eigenvalue weighted by atomic mass is 10.1. The smallest absolute Gasteiger partial charge is 0.318 e. The molecule has 0 spiro atoms. The largest absolute Gasteiger partial charge is 0.416 e. The summed E-state index contributed by atoms with van der Waals surface area (Å²) in [6.07, 6.45) is -4.42. The lowest BCUT2D eigenvalue weighted by Crippen LogP contribution is -2.08. The number of carbonyl (C=O) groups excluding carboxylic acids is 1. The van der Waals surface area contributed by atoms with Gasteiger partial charge in [-0.2, -0.15) is 13.2 Å². The average Bonchev–Trinajstić information content (AvgIpc) is 3.24. The molecule has 5 nitrogen and oxygen atoms in total. The predicted molar refractivity (Wildman–Crippen MR) is 106 cm³/mol. The molecule has 0 aliphatic carbocycles. The fourth-order valence-electron chi connectivity index (χ4n) is 3.05. The van der Waals surface area contributed by atoms with Crippen LogP contribution in [0.3, 0.4) is 0 Å². The highest BCUT2D eigenvalue weighted by Crippen LogP contribution is 2.31. The van der Waals surface area contributed by atoms with Gasteiger partial charge >= 0.3 is 6.18 Å². The number of ketones is 1. The van der Waals surface area contributed by atoms with Crippen LogP contribution in [0.2, 0.25) is 0 Å². The molecule has 1 N–H and O–H groups in total. The molecule has 3 aromatic rings. The van der Waals surface area contributed by atoms with Gasteiger partial charge in [0.15, 0.2) is 5.78 Å². The van der Waals surface area contributed by atoms with Gasteiger partial charge in [-0.05, 0) is 38.1 Å². The SMILES string of the molecule is Cc1cc(C(=O)CSc2n[nH]c(C(C)C)n2)c(C)n1-c1cccc(C(F)(F)F)c1. The second-order valence-corrected chi connectivity index (χ2v) is 7.98. The Morgan fingerprint density at radius 3 is 2.59 bits per heavy atom. The molecule has 0 unspecified atom stereocenters. The molecule has 29 heavy (non-hydrogen) atoms. The number of H-pyrrole nitrogens is 1. The third-order valence-electron chi connectivity index (χ3n) is 4.52. The van der Waals surface area contributed by atoms with Crippen LogP contribution in [0.5, 0.6) is 0 Å². The van der Waals surface area contributed by atoms with Gasteiger partial charge in [0.2, 0.25) is 5.16 Å². The highest BCUT2D eigenvalue weighted by Gasteiger charge is 2.30. The molecular formula is C20H21F3N4OS. The standard InChI is InChI=1S/C20H21F3N4OS/c1-11(2)18-24-19(26-25-18)29-10-17(28)16-8-12(3)27(13(16)4)15-7-5-6-14(9-15)20(21,22)23/h5-9,11H,10H2,1-4H3,(H,24,25,26). The Morgan fingerprint density at radius 1 is 1.24 bits per heavy atom. The lowest BCUT2D eigenvalue weighted by molar-refractivity contribution is -0.137. The van der Waals surface area contributed by atoms with Gasteiger partial charge in [0.25, 0.3) is 0 Å². The quantitative estimate of drug-likeness (QED) is 0.431. The topological polar surface area (TPSA) is 63.6 Å². The van der Waals surface area contributed by atoms with Crippen molar-refractivity contribution >= 4 is 17.5 Å². The van der Waals surface area contributed by atoms with E-state index in [1.165, 1.54) is 17.8 Å². The van der Waals surface area contributed by atoms with Crippen molar-refractivity contribution in [1.82, 2.24) is 19.7 Å². The van der Waals surface area contributed by atoms with Crippen LogP contribution < -0.4 is 0 Å². The van der Waals surface area contributed by atoms with E-state index >= 15 is 0 Å². The van der Waals surface area contributed by atoms with E-state index in [4.69, 9.17) is 0 Å². The maximum absolute atomic E-state index is 13.1. The molecule has 0 amide bonds. The normalized spacial score (nSPS) is 12.0. The number of nitrogens with zero attached hydrogens (tertiary/aromatic N) is 3. The summed E-state index contributed by atoms with van der Waals surface area (Å²) in [4.78, 5) is 17.1. The van der Waals surface area contributed by atoms with Gasteiger partial charge in [0.1, 0.15) is 5.82 Å². The van der Waals surface area contributed by atoms with Crippen LogP contribution in [0, 0.1) is 13.8 Å². The van der Waals surface area contributed by atoms with Crippen molar-refractivity contribution in [1.29, 1.82) is 0 Å². The summed E-state index contributed by atoms with van der Waals surface area (Å²) in [6, 6.07) is 6.78. The molecular weight excluding hydrogens is 401 g/mol. The first-order valence-corrected chi connectivity index (χ1v) is 10.0. The molecule has 2 heterocycles. The summed E-state index contributed by atoms with van der Waals surface area (Å²) < 4.78 is 40.8. The van der Waals surface area contributed by atoms with Crippen molar-refractivity contribution in [3.05, 3.63) is 58.7 Å². The minimum absolute atomic E-state index is 0.128. The molecule has 0 atom stereocenters. The Morgan fingerprint density at radius 2 is 1.97 bits per heavy atom. The second kappa shape index (κ2) is 8.06. The Balaban J connectivity index is 1.82. The molecule has 1 aromatic carbocycles. The zero-order valence-corrected chi connectivity index (χ0v) is 17.3. The molecule has 2 aromatic heterocycles. The maximum Gasteiger partial charge on any atom is 0.416 e. The number of alkyl halides is 3. The van der Waals surface area contributed by atoms with Gasteiger partial charge in [-0.1, -0.05) is 31.7 Å². The Hall–Kier alpha value is -2.55. The van der Waals surface area contributed by atoms with E-state index < -0.39 is 11.7 Å². The monoisotopic (exact) mass is 422 g/mol. The first-order chi connectivity index (χ1) is 13.6.